The van der Waals surface area contributed by atoms with Crippen LogP contribution < -0.4 is 0 Å². The molecule has 0 amide bonds. The van der Waals surface area contributed by atoms with E-state index in [0.717, 1.165) is 31.4 Å². The van der Waals surface area contributed by atoms with Crippen LogP contribution in [-0.4, -0.2) is 35.3 Å². The number of methoxy groups -OCH3 is 1. The third-order valence-electron chi connectivity index (χ3n) is 3.56. The van der Waals surface area contributed by atoms with E-state index in [1.54, 1.807) is 12.1 Å². The van der Waals surface area contributed by atoms with Crippen LogP contribution in [0.15, 0.2) is 18.2 Å². The number of ether oxygens (including phenoxy) is 1. The number of nitrogens with zero attached hydrogens (tertiary/aromatic N) is 1. The molecule has 0 bridgehead atoms. The van der Waals surface area contributed by atoms with E-state index in [-0.39, 0.29) is 17.9 Å². The Kier molecular flexibility index (Phi) is 10.2. The van der Waals surface area contributed by atoms with Crippen molar-refractivity contribution in [3.63, 3.8) is 0 Å². The molecule has 1 rings (SSSR count). The molecule has 0 unspecified atom stereocenters. The van der Waals surface area contributed by atoms with Crippen molar-refractivity contribution in [2.24, 2.45) is 0 Å². The van der Waals surface area contributed by atoms with Crippen LogP contribution in [0.25, 0.3) is 0 Å². The molecule has 6 nitrogen and oxygen atoms in total. The zero-order valence-corrected chi connectivity index (χ0v) is 15.7. The first kappa shape index (κ1) is 21.4. The zero-order valence-electron chi connectivity index (χ0n) is 14.2. The van der Waals surface area contributed by atoms with Crippen LogP contribution in [0.3, 0.4) is 0 Å². The molecule has 8 heteroatoms. The highest BCUT2D eigenvalue weighted by Crippen LogP contribution is 2.25. The smallest absolute Gasteiger partial charge is 0.313 e. The number of Topliss-reactive ketones (excluding diaryl/α,β-unsaturated/α-hetero) is 1. The molecule has 0 aromatic heterocycles. The molecular formula is C17H22ClNO5S. The summed E-state index contributed by atoms with van der Waals surface area (Å²) >= 11 is 7.31. The molecule has 0 aliphatic rings. The summed E-state index contributed by atoms with van der Waals surface area (Å²) in [6.45, 7) is 0. The largest absolute Gasteiger partial charge is 0.469 e. The fraction of sp³-hybridized carbons (Fsp3) is 0.529. The van der Waals surface area contributed by atoms with Gasteiger partial charge in [0.25, 0.3) is 5.69 Å². The molecule has 1 aromatic carbocycles. The lowest BCUT2D eigenvalue weighted by Gasteiger charge is -2.04. The van der Waals surface area contributed by atoms with Gasteiger partial charge in [0.05, 0.1) is 17.8 Å². The Hall–Kier alpha value is -1.60. The third kappa shape index (κ3) is 8.88. The van der Waals surface area contributed by atoms with Gasteiger partial charge in [-0.2, -0.15) is 11.8 Å². The zero-order chi connectivity index (χ0) is 18.7. The Morgan fingerprint density at radius 1 is 1.24 bits per heavy atom. The van der Waals surface area contributed by atoms with E-state index in [2.05, 4.69) is 4.74 Å². The van der Waals surface area contributed by atoms with E-state index in [1.807, 2.05) is 0 Å². The maximum atomic E-state index is 11.4. The lowest BCUT2D eigenvalue weighted by Crippen LogP contribution is -2.11. The minimum absolute atomic E-state index is 0.0761. The van der Waals surface area contributed by atoms with Gasteiger partial charge in [-0.3, -0.25) is 19.7 Å². The molecule has 1 aromatic rings. The number of unbranched alkanes of at least 4 members (excludes halogenated alkanes) is 3. The lowest BCUT2D eigenvalue weighted by molar-refractivity contribution is -0.385. The van der Waals surface area contributed by atoms with Crippen LogP contribution in [0.4, 0.5) is 5.69 Å². The summed E-state index contributed by atoms with van der Waals surface area (Å²) in [4.78, 5) is 33.0. The minimum atomic E-state index is -0.498. The molecule has 0 aliphatic carbocycles. The molecule has 0 saturated carbocycles. The lowest BCUT2D eigenvalue weighted by atomic mass is 10.0. The highest BCUT2D eigenvalue weighted by atomic mass is 35.5. The van der Waals surface area contributed by atoms with E-state index in [0.29, 0.717) is 22.8 Å². The number of carbonyl (C=O) groups is 2. The number of nitro benzene ring substituents is 1. The average Bonchev–Trinajstić information content (AvgIpc) is 2.57. The maximum Gasteiger partial charge on any atom is 0.313 e. The number of hydrogen-bond donors (Lipinski definition) is 0. The Morgan fingerprint density at radius 2 is 1.96 bits per heavy atom. The quantitative estimate of drug-likeness (QED) is 0.175. The number of esters is 1. The van der Waals surface area contributed by atoms with E-state index in [9.17, 15) is 19.7 Å². The molecule has 138 valence electrons. The van der Waals surface area contributed by atoms with Gasteiger partial charge in [0.2, 0.25) is 0 Å². The number of rotatable bonds is 12. The first-order chi connectivity index (χ1) is 11.9. The van der Waals surface area contributed by atoms with Gasteiger partial charge in [-0.05, 0) is 31.1 Å². The standard InChI is InChI=1S/C17H22ClNO5S/c1-24-17(21)11-15(20)12-25-9-5-3-2-4-6-13-7-8-14(18)10-16(13)19(22)23/h7-8,10H,2-6,9,11-12H2,1H3. The summed E-state index contributed by atoms with van der Waals surface area (Å²) < 4.78 is 4.44. The summed E-state index contributed by atoms with van der Waals surface area (Å²) in [5, 5.41) is 11.4. The number of benzene rings is 1. The number of ketones is 1. The molecule has 25 heavy (non-hydrogen) atoms. The molecule has 0 radical (unpaired) electrons. The van der Waals surface area contributed by atoms with Gasteiger partial charge in [-0.15, -0.1) is 0 Å². The molecular weight excluding hydrogens is 366 g/mol. The van der Waals surface area contributed by atoms with Gasteiger partial charge < -0.3 is 4.74 Å². The van der Waals surface area contributed by atoms with Crippen LogP contribution >= 0.6 is 23.4 Å². The second-order valence-electron chi connectivity index (χ2n) is 5.54. The third-order valence-corrected chi connectivity index (χ3v) is 4.90. The first-order valence-electron chi connectivity index (χ1n) is 8.03. The van der Waals surface area contributed by atoms with Crippen molar-refractivity contribution in [3.8, 4) is 0 Å². The number of carbonyl (C=O) groups excluding carboxylic acids is 2. The summed E-state index contributed by atoms with van der Waals surface area (Å²) in [6, 6.07) is 4.77. The van der Waals surface area contributed by atoms with Gasteiger partial charge >= 0.3 is 5.97 Å². The molecule has 0 atom stereocenters. The van der Waals surface area contributed by atoms with Gasteiger partial charge in [-0.1, -0.05) is 30.5 Å². The van der Waals surface area contributed by atoms with Gasteiger partial charge in [0.1, 0.15) is 6.42 Å². The summed E-state index contributed by atoms with van der Waals surface area (Å²) in [6.07, 6.45) is 4.30. The highest BCUT2D eigenvalue weighted by Gasteiger charge is 2.13. The number of halogens is 1. The topological polar surface area (TPSA) is 86.5 Å². The van der Waals surface area contributed by atoms with Gasteiger partial charge in [0, 0.05) is 16.7 Å². The Labute approximate surface area is 156 Å². The summed E-state index contributed by atoms with van der Waals surface area (Å²) in [5.74, 6) is 0.564. The fourth-order valence-corrected chi connectivity index (χ4v) is 3.31. The van der Waals surface area contributed by atoms with Crippen LogP contribution in [0.1, 0.15) is 37.7 Å². The second-order valence-corrected chi connectivity index (χ2v) is 7.08. The second kappa shape index (κ2) is 11.9. The Balaban J connectivity index is 2.14. The van der Waals surface area contributed by atoms with E-state index in [4.69, 9.17) is 11.6 Å². The van der Waals surface area contributed by atoms with Gasteiger partial charge in [0.15, 0.2) is 5.78 Å². The number of nitro groups is 1. The summed E-state index contributed by atoms with van der Waals surface area (Å²) in [5.41, 5.74) is 0.782. The molecule has 0 spiro atoms. The normalized spacial score (nSPS) is 10.5. The highest BCUT2D eigenvalue weighted by molar-refractivity contribution is 7.99. The van der Waals surface area contributed by atoms with E-state index in [1.165, 1.54) is 24.9 Å². The Morgan fingerprint density at radius 3 is 2.64 bits per heavy atom. The molecule has 0 heterocycles. The van der Waals surface area contributed by atoms with Crippen molar-refractivity contribution in [1.29, 1.82) is 0 Å². The van der Waals surface area contributed by atoms with Crippen molar-refractivity contribution in [3.05, 3.63) is 38.9 Å². The predicted molar refractivity (Wildman–Crippen MR) is 99.2 cm³/mol. The number of hydrogen-bond acceptors (Lipinski definition) is 6. The molecule has 0 aliphatic heterocycles. The number of aryl methyl sites for hydroxylation is 1. The minimum Gasteiger partial charge on any atom is -0.469 e. The van der Waals surface area contributed by atoms with Crippen molar-refractivity contribution < 1.29 is 19.2 Å². The predicted octanol–water partition coefficient (Wildman–Crippen LogP) is 4.22. The van der Waals surface area contributed by atoms with Crippen molar-refractivity contribution in [2.75, 3.05) is 18.6 Å². The van der Waals surface area contributed by atoms with E-state index >= 15 is 0 Å². The fourth-order valence-electron chi connectivity index (χ4n) is 2.26. The van der Waals surface area contributed by atoms with Crippen LogP contribution in [0, 0.1) is 10.1 Å². The van der Waals surface area contributed by atoms with E-state index < -0.39 is 10.9 Å². The SMILES string of the molecule is COC(=O)CC(=O)CSCCCCCCc1ccc(Cl)cc1[N+](=O)[O-]. The first-order valence-corrected chi connectivity index (χ1v) is 9.56. The van der Waals surface area contributed by atoms with Crippen LogP contribution in [-0.2, 0) is 20.7 Å². The Bertz CT molecular complexity index is 609. The van der Waals surface area contributed by atoms with Crippen molar-refractivity contribution in [2.45, 2.75) is 38.5 Å². The van der Waals surface area contributed by atoms with Crippen LogP contribution in [0.2, 0.25) is 5.02 Å². The van der Waals surface area contributed by atoms with Gasteiger partial charge in [-0.25, -0.2) is 0 Å². The van der Waals surface area contributed by atoms with Crippen LogP contribution in [0.5, 0.6) is 0 Å². The molecule has 0 saturated heterocycles. The van der Waals surface area contributed by atoms with Crippen molar-refractivity contribution >= 4 is 40.8 Å². The maximum absolute atomic E-state index is 11.4. The average molecular weight is 388 g/mol. The molecule has 0 fully saturated rings. The summed E-state index contributed by atoms with van der Waals surface area (Å²) in [7, 11) is 1.27. The monoisotopic (exact) mass is 387 g/mol. The number of thioether (sulfide) groups is 1. The molecule has 0 N–H and O–H groups in total. The van der Waals surface area contributed by atoms with Crippen molar-refractivity contribution in [1.82, 2.24) is 0 Å².